The van der Waals surface area contributed by atoms with Crippen molar-refractivity contribution in [3.63, 3.8) is 0 Å². The highest BCUT2D eigenvalue weighted by atomic mass is 35.5. The number of hydrogen-bond donors (Lipinski definition) is 1. The lowest BCUT2D eigenvalue weighted by atomic mass is 9.85. The molecule has 1 aliphatic carbocycles. The summed E-state index contributed by atoms with van der Waals surface area (Å²) in [7, 11) is 0. The predicted octanol–water partition coefficient (Wildman–Crippen LogP) is 4.75. The van der Waals surface area contributed by atoms with Crippen LogP contribution in [0.2, 0.25) is 5.02 Å². The third-order valence-corrected chi connectivity index (χ3v) is 4.47. The molecule has 0 saturated carbocycles. The molecular weight excluding hydrogens is 266 g/mol. The van der Waals surface area contributed by atoms with Crippen LogP contribution in [0.5, 0.6) is 0 Å². The molecule has 1 N–H and O–H groups in total. The average molecular weight is 286 g/mol. The molecule has 0 amide bonds. The zero-order valence-electron chi connectivity index (χ0n) is 12.0. The zero-order valence-corrected chi connectivity index (χ0v) is 12.7. The van der Waals surface area contributed by atoms with Gasteiger partial charge in [0.15, 0.2) is 0 Å². The Kier molecular flexibility index (Phi) is 3.57. The Morgan fingerprint density at radius 3 is 2.55 bits per heavy atom. The number of rotatable bonds is 3. The van der Waals surface area contributed by atoms with E-state index in [1.54, 1.807) is 0 Å². The Morgan fingerprint density at radius 2 is 1.80 bits per heavy atom. The Morgan fingerprint density at radius 1 is 1.10 bits per heavy atom. The van der Waals surface area contributed by atoms with Crippen LogP contribution >= 0.6 is 11.6 Å². The van der Waals surface area contributed by atoms with Gasteiger partial charge in [0.25, 0.3) is 0 Å². The van der Waals surface area contributed by atoms with E-state index in [1.165, 1.54) is 16.7 Å². The highest BCUT2D eigenvalue weighted by molar-refractivity contribution is 6.30. The standard InChI is InChI=1S/C18H20ClN/c1-18(2)11-14-5-3-4-6-16(14)17(18)20-12-13-7-9-15(19)10-8-13/h3-10,17,20H,11-12H2,1-2H3. The van der Waals surface area contributed by atoms with Crippen LogP contribution in [-0.2, 0) is 13.0 Å². The van der Waals surface area contributed by atoms with E-state index in [4.69, 9.17) is 11.6 Å². The molecule has 0 spiro atoms. The Labute approximate surface area is 126 Å². The summed E-state index contributed by atoms with van der Waals surface area (Å²) in [6.45, 7) is 5.55. The normalized spacial score (nSPS) is 19.9. The molecule has 1 unspecified atom stereocenters. The molecule has 3 rings (SSSR count). The van der Waals surface area contributed by atoms with Gasteiger partial charge in [0.2, 0.25) is 0 Å². The summed E-state index contributed by atoms with van der Waals surface area (Å²) in [6, 6.07) is 17.3. The maximum absolute atomic E-state index is 5.93. The van der Waals surface area contributed by atoms with Crippen molar-refractivity contribution < 1.29 is 0 Å². The van der Waals surface area contributed by atoms with Crippen molar-refractivity contribution in [3.8, 4) is 0 Å². The molecule has 0 bridgehead atoms. The largest absolute Gasteiger partial charge is 0.305 e. The van der Waals surface area contributed by atoms with Crippen LogP contribution in [0.1, 0.15) is 36.6 Å². The van der Waals surface area contributed by atoms with Crippen LogP contribution in [0.3, 0.4) is 0 Å². The lowest BCUT2D eigenvalue weighted by Gasteiger charge is -2.28. The molecule has 0 radical (unpaired) electrons. The Hall–Kier alpha value is -1.31. The Bertz CT molecular complexity index is 601. The van der Waals surface area contributed by atoms with Crippen molar-refractivity contribution in [1.29, 1.82) is 0 Å². The number of hydrogen-bond acceptors (Lipinski definition) is 1. The van der Waals surface area contributed by atoms with Crippen molar-refractivity contribution in [2.75, 3.05) is 0 Å². The molecule has 0 heterocycles. The minimum Gasteiger partial charge on any atom is -0.305 e. The van der Waals surface area contributed by atoms with Crippen molar-refractivity contribution in [2.45, 2.75) is 32.9 Å². The van der Waals surface area contributed by atoms with Gasteiger partial charge in [0, 0.05) is 17.6 Å². The van der Waals surface area contributed by atoms with Gasteiger partial charge >= 0.3 is 0 Å². The molecule has 0 aliphatic heterocycles. The first-order valence-corrected chi connectivity index (χ1v) is 7.50. The topological polar surface area (TPSA) is 12.0 Å². The van der Waals surface area contributed by atoms with E-state index in [9.17, 15) is 0 Å². The molecule has 0 aromatic heterocycles. The van der Waals surface area contributed by atoms with Crippen LogP contribution in [0.4, 0.5) is 0 Å². The fourth-order valence-electron chi connectivity index (χ4n) is 3.20. The van der Waals surface area contributed by atoms with Crippen LogP contribution < -0.4 is 5.32 Å². The first-order chi connectivity index (χ1) is 9.56. The molecule has 1 nitrogen and oxygen atoms in total. The fourth-order valence-corrected chi connectivity index (χ4v) is 3.33. The van der Waals surface area contributed by atoms with Crippen molar-refractivity contribution in [3.05, 3.63) is 70.2 Å². The molecule has 2 heteroatoms. The van der Waals surface area contributed by atoms with Crippen LogP contribution in [0.25, 0.3) is 0 Å². The lowest BCUT2D eigenvalue weighted by Crippen LogP contribution is -2.30. The first kappa shape index (κ1) is 13.7. The molecule has 2 aromatic carbocycles. The van der Waals surface area contributed by atoms with E-state index in [0.717, 1.165) is 18.0 Å². The Balaban J connectivity index is 1.78. The summed E-state index contributed by atoms with van der Waals surface area (Å²) in [4.78, 5) is 0. The van der Waals surface area contributed by atoms with E-state index >= 15 is 0 Å². The molecule has 2 aromatic rings. The molecule has 1 aliphatic rings. The maximum Gasteiger partial charge on any atom is 0.0406 e. The smallest absolute Gasteiger partial charge is 0.0406 e. The van der Waals surface area contributed by atoms with Crippen molar-refractivity contribution in [1.82, 2.24) is 5.32 Å². The van der Waals surface area contributed by atoms with Gasteiger partial charge in [-0.25, -0.2) is 0 Å². The van der Waals surface area contributed by atoms with Crippen LogP contribution in [0, 0.1) is 5.41 Å². The second kappa shape index (κ2) is 5.23. The summed E-state index contributed by atoms with van der Waals surface area (Å²) < 4.78 is 0. The van der Waals surface area contributed by atoms with Crippen molar-refractivity contribution >= 4 is 11.6 Å². The van der Waals surface area contributed by atoms with E-state index < -0.39 is 0 Å². The van der Waals surface area contributed by atoms with Crippen molar-refractivity contribution in [2.24, 2.45) is 5.41 Å². The van der Waals surface area contributed by atoms with Gasteiger partial charge in [-0.15, -0.1) is 0 Å². The molecule has 0 fully saturated rings. The third-order valence-electron chi connectivity index (χ3n) is 4.22. The second-order valence-electron chi connectivity index (χ2n) is 6.30. The van der Waals surface area contributed by atoms with Gasteiger partial charge in [-0.2, -0.15) is 0 Å². The summed E-state index contributed by atoms with van der Waals surface area (Å²) in [5.41, 5.74) is 4.46. The third kappa shape index (κ3) is 2.61. The van der Waals surface area contributed by atoms with Crippen LogP contribution in [-0.4, -0.2) is 0 Å². The molecular formula is C18H20ClN. The highest BCUT2D eigenvalue weighted by Gasteiger charge is 2.38. The highest BCUT2D eigenvalue weighted by Crippen LogP contribution is 2.45. The van der Waals surface area contributed by atoms with Gasteiger partial charge in [-0.3, -0.25) is 0 Å². The zero-order chi connectivity index (χ0) is 14.2. The predicted molar refractivity (Wildman–Crippen MR) is 85.0 cm³/mol. The molecule has 104 valence electrons. The van der Waals surface area contributed by atoms with E-state index in [0.29, 0.717) is 6.04 Å². The van der Waals surface area contributed by atoms with Gasteiger partial charge < -0.3 is 5.32 Å². The number of nitrogens with one attached hydrogen (secondary N) is 1. The number of halogens is 1. The average Bonchev–Trinajstić information content (AvgIpc) is 2.68. The van der Waals surface area contributed by atoms with Gasteiger partial charge in [-0.1, -0.05) is 61.8 Å². The summed E-state index contributed by atoms with van der Waals surface area (Å²) in [5.74, 6) is 0. The monoisotopic (exact) mass is 285 g/mol. The number of fused-ring (bicyclic) bond motifs is 1. The molecule has 20 heavy (non-hydrogen) atoms. The van der Waals surface area contributed by atoms with E-state index in [-0.39, 0.29) is 5.41 Å². The van der Waals surface area contributed by atoms with E-state index in [1.807, 2.05) is 12.1 Å². The summed E-state index contributed by atoms with van der Waals surface area (Å²) >= 11 is 5.93. The first-order valence-electron chi connectivity index (χ1n) is 7.12. The summed E-state index contributed by atoms with van der Waals surface area (Å²) in [5, 5.41) is 4.51. The number of benzene rings is 2. The van der Waals surface area contributed by atoms with Crippen LogP contribution in [0.15, 0.2) is 48.5 Å². The quantitative estimate of drug-likeness (QED) is 0.858. The minimum absolute atomic E-state index is 0.260. The fraction of sp³-hybridized carbons (Fsp3) is 0.333. The second-order valence-corrected chi connectivity index (χ2v) is 6.74. The summed E-state index contributed by atoms with van der Waals surface area (Å²) in [6.07, 6.45) is 1.14. The van der Waals surface area contributed by atoms with Gasteiger partial charge in [0.1, 0.15) is 0 Å². The lowest BCUT2D eigenvalue weighted by molar-refractivity contribution is 0.268. The molecule has 1 atom stereocenters. The minimum atomic E-state index is 0.260. The maximum atomic E-state index is 5.93. The van der Waals surface area contributed by atoms with Gasteiger partial charge in [-0.05, 0) is 40.7 Å². The molecule has 0 saturated heterocycles. The van der Waals surface area contributed by atoms with Gasteiger partial charge in [0.05, 0.1) is 0 Å². The SMILES string of the molecule is CC1(C)Cc2ccccc2C1NCc1ccc(Cl)cc1. The van der Waals surface area contributed by atoms with E-state index in [2.05, 4.69) is 55.6 Å².